The lowest BCUT2D eigenvalue weighted by Crippen LogP contribution is -2.66. The Morgan fingerprint density at radius 1 is 0.886 bits per heavy atom. The van der Waals surface area contributed by atoms with Gasteiger partial charge in [0.15, 0.2) is 5.78 Å². The molecule has 0 aliphatic heterocycles. The quantitative estimate of drug-likeness (QED) is 0.353. The van der Waals surface area contributed by atoms with Crippen molar-refractivity contribution in [3.8, 4) is 0 Å². The molecule has 0 bridgehead atoms. The summed E-state index contributed by atoms with van der Waals surface area (Å²) < 4.78 is 5.88. The first kappa shape index (κ1) is 31.5. The van der Waals surface area contributed by atoms with Gasteiger partial charge in [-0.2, -0.15) is 0 Å². The largest absolute Gasteiger partial charge is 0.462 e. The van der Waals surface area contributed by atoms with Gasteiger partial charge in [0.2, 0.25) is 5.91 Å². The lowest BCUT2D eigenvalue weighted by Gasteiger charge is -2.70. The van der Waals surface area contributed by atoms with E-state index in [1.165, 1.54) is 12.5 Å². The Morgan fingerprint density at radius 3 is 2.25 bits per heavy atom. The van der Waals surface area contributed by atoms with E-state index in [4.69, 9.17) is 4.74 Å². The van der Waals surface area contributed by atoms with E-state index in [1.54, 1.807) is 0 Å². The molecule has 0 spiro atoms. The monoisotopic (exact) mass is 601 g/mol. The zero-order chi connectivity index (χ0) is 31.9. The van der Waals surface area contributed by atoms with Crippen LogP contribution >= 0.6 is 0 Å². The van der Waals surface area contributed by atoms with Crippen molar-refractivity contribution in [1.29, 1.82) is 0 Å². The standard InChI is InChI=1S/C39H55NO4/c1-25(41)44-31-15-16-37(6)30(34(31,2)3)14-17-39(8)32(37)29(42)22-27-28-23-36(5,19-18-35(28,4)20-21-38(27,39)7)33(43)40-24-26-12-10-9-11-13-26/h9-13,22,28,30-32H,14-21,23-24H2,1-8H3,(H,40,43)/t28-,30-,31-,32-,35-,36+,37-,38+,39-/m1/s1. The first-order valence-corrected chi connectivity index (χ1v) is 17.3. The molecular weight excluding hydrogens is 546 g/mol. The van der Waals surface area contributed by atoms with Crippen LogP contribution in [0, 0.1) is 50.2 Å². The van der Waals surface area contributed by atoms with Crippen LogP contribution < -0.4 is 5.32 Å². The summed E-state index contributed by atoms with van der Waals surface area (Å²) in [5, 5.41) is 3.26. The van der Waals surface area contributed by atoms with E-state index in [9.17, 15) is 14.4 Å². The van der Waals surface area contributed by atoms with E-state index in [-0.39, 0.29) is 56.9 Å². The van der Waals surface area contributed by atoms with E-state index in [1.807, 2.05) is 18.2 Å². The number of nitrogens with one attached hydrogen (secondary N) is 1. The predicted molar refractivity (Wildman–Crippen MR) is 173 cm³/mol. The summed E-state index contributed by atoms with van der Waals surface area (Å²) in [5.41, 5.74) is 1.55. The van der Waals surface area contributed by atoms with Crippen LogP contribution in [0.5, 0.6) is 0 Å². The highest BCUT2D eigenvalue weighted by Gasteiger charge is 2.70. The van der Waals surface area contributed by atoms with Gasteiger partial charge < -0.3 is 10.1 Å². The van der Waals surface area contributed by atoms with Crippen molar-refractivity contribution in [1.82, 2.24) is 5.32 Å². The van der Waals surface area contributed by atoms with Gasteiger partial charge in [0, 0.05) is 30.2 Å². The Morgan fingerprint density at radius 2 is 1.57 bits per heavy atom. The number of carbonyl (C=O) groups is 3. The maximum absolute atomic E-state index is 14.7. The molecule has 9 atom stereocenters. The average molecular weight is 602 g/mol. The summed E-state index contributed by atoms with van der Waals surface area (Å²) in [5.74, 6) is 0.731. The lowest BCUT2D eigenvalue weighted by molar-refractivity contribution is -0.210. The van der Waals surface area contributed by atoms with Gasteiger partial charge in [0.25, 0.3) is 0 Å². The van der Waals surface area contributed by atoms with Crippen LogP contribution in [-0.4, -0.2) is 23.8 Å². The fraction of sp³-hybridized carbons (Fsp3) is 0.718. The third kappa shape index (κ3) is 4.48. The van der Waals surface area contributed by atoms with Gasteiger partial charge in [0.1, 0.15) is 6.10 Å². The van der Waals surface area contributed by atoms with Crippen molar-refractivity contribution >= 4 is 17.7 Å². The third-order valence-electron chi connectivity index (χ3n) is 14.7. The number of ether oxygens (including phenoxy) is 1. The molecule has 0 aromatic heterocycles. The van der Waals surface area contributed by atoms with Crippen molar-refractivity contribution in [2.45, 2.75) is 126 Å². The molecule has 4 fully saturated rings. The highest BCUT2D eigenvalue weighted by atomic mass is 16.5. The van der Waals surface area contributed by atoms with Crippen LogP contribution in [0.3, 0.4) is 0 Å². The fourth-order valence-electron chi connectivity index (χ4n) is 11.8. The zero-order valence-corrected chi connectivity index (χ0v) is 28.5. The minimum atomic E-state index is -0.457. The minimum Gasteiger partial charge on any atom is -0.462 e. The summed E-state index contributed by atoms with van der Waals surface area (Å²) in [6.45, 7) is 18.5. The Balaban J connectivity index is 1.32. The first-order valence-electron chi connectivity index (χ1n) is 17.3. The van der Waals surface area contributed by atoms with Crippen LogP contribution in [0.1, 0.15) is 119 Å². The number of hydrogen-bond acceptors (Lipinski definition) is 4. The topological polar surface area (TPSA) is 72.5 Å². The van der Waals surface area contributed by atoms with Gasteiger partial charge in [-0.1, -0.05) is 84.4 Å². The Kier molecular flexibility index (Phi) is 7.38. The van der Waals surface area contributed by atoms with Gasteiger partial charge >= 0.3 is 5.97 Å². The molecule has 4 saturated carbocycles. The van der Waals surface area contributed by atoms with Crippen LogP contribution in [0.4, 0.5) is 0 Å². The number of esters is 1. The maximum Gasteiger partial charge on any atom is 0.302 e. The van der Waals surface area contributed by atoms with Crippen LogP contribution in [-0.2, 0) is 25.7 Å². The van der Waals surface area contributed by atoms with Crippen molar-refractivity contribution in [3.05, 3.63) is 47.5 Å². The van der Waals surface area contributed by atoms with Gasteiger partial charge in [-0.15, -0.1) is 0 Å². The minimum absolute atomic E-state index is 0.0476. The first-order chi connectivity index (χ1) is 20.5. The predicted octanol–water partition coefficient (Wildman–Crippen LogP) is 8.22. The molecule has 5 heteroatoms. The molecule has 0 heterocycles. The van der Waals surface area contributed by atoms with Crippen molar-refractivity contribution < 1.29 is 19.1 Å². The molecule has 1 N–H and O–H groups in total. The molecule has 5 aliphatic carbocycles. The summed E-state index contributed by atoms with van der Waals surface area (Å²) in [4.78, 5) is 40.4. The van der Waals surface area contributed by atoms with Gasteiger partial charge in [-0.3, -0.25) is 14.4 Å². The zero-order valence-electron chi connectivity index (χ0n) is 28.5. The van der Waals surface area contributed by atoms with Crippen LogP contribution in [0.25, 0.3) is 0 Å². The maximum atomic E-state index is 14.7. The number of allylic oxidation sites excluding steroid dienone is 2. The molecule has 6 rings (SSSR count). The average Bonchev–Trinajstić information content (AvgIpc) is 2.95. The number of rotatable bonds is 4. The highest BCUT2D eigenvalue weighted by molar-refractivity contribution is 5.95. The fourth-order valence-corrected chi connectivity index (χ4v) is 11.8. The smallest absolute Gasteiger partial charge is 0.302 e. The Bertz CT molecular complexity index is 1380. The molecule has 5 nitrogen and oxygen atoms in total. The number of hydrogen-bond donors (Lipinski definition) is 1. The molecule has 240 valence electrons. The number of benzene rings is 1. The third-order valence-corrected chi connectivity index (χ3v) is 14.7. The summed E-state index contributed by atoms with van der Waals surface area (Å²) >= 11 is 0. The molecule has 44 heavy (non-hydrogen) atoms. The van der Waals surface area contributed by atoms with Crippen LogP contribution in [0.15, 0.2) is 42.0 Å². The second-order valence-corrected chi connectivity index (χ2v) is 17.4. The molecule has 1 aromatic carbocycles. The lowest BCUT2D eigenvalue weighted by atomic mass is 9.33. The highest BCUT2D eigenvalue weighted by Crippen LogP contribution is 2.75. The number of fused-ring (bicyclic) bond motifs is 7. The molecule has 0 saturated heterocycles. The molecule has 1 amide bonds. The molecule has 1 aromatic rings. The molecule has 0 radical (unpaired) electrons. The van der Waals surface area contributed by atoms with Crippen molar-refractivity contribution in [2.24, 2.45) is 50.2 Å². The summed E-state index contributed by atoms with van der Waals surface area (Å²) in [7, 11) is 0. The van der Waals surface area contributed by atoms with E-state index in [2.05, 4.69) is 72.0 Å². The van der Waals surface area contributed by atoms with Gasteiger partial charge in [-0.25, -0.2) is 0 Å². The normalized spacial score (nSPS) is 44.2. The van der Waals surface area contributed by atoms with E-state index in [0.717, 1.165) is 63.4 Å². The number of carbonyl (C=O) groups excluding carboxylic acids is 3. The number of ketones is 1. The van der Waals surface area contributed by atoms with Gasteiger partial charge in [-0.05, 0) is 103 Å². The van der Waals surface area contributed by atoms with Crippen molar-refractivity contribution in [2.75, 3.05) is 0 Å². The second kappa shape index (κ2) is 10.3. The van der Waals surface area contributed by atoms with Gasteiger partial charge in [0.05, 0.1) is 0 Å². The Labute approximate surface area is 265 Å². The van der Waals surface area contributed by atoms with Crippen molar-refractivity contribution in [3.63, 3.8) is 0 Å². The van der Waals surface area contributed by atoms with E-state index < -0.39 is 5.41 Å². The van der Waals surface area contributed by atoms with E-state index >= 15 is 0 Å². The molecular formula is C39H55NO4. The Hall–Kier alpha value is -2.43. The second-order valence-electron chi connectivity index (χ2n) is 17.4. The molecule has 5 aliphatic rings. The molecule has 0 unspecified atom stereocenters. The van der Waals surface area contributed by atoms with E-state index in [0.29, 0.717) is 18.2 Å². The summed E-state index contributed by atoms with van der Waals surface area (Å²) in [6, 6.07) is 10.1. The SMILES string of the molecule is CC(=O)O[C@@H]1CC[C@]2(C)[C@H](CC[C@]3(C)[C@@H]2C(=O)C=C2[C@H]4C[C@@](C)(C(=O)NCc5ccccc5)CC[C@]4(C)CC[C@@]23C)C1(C)C. The van der Waals surface area contributed by atoms with Crippen LogP contribution in [0.2, 0.25) is 0 Å². The number of amides is 1. The summed E-state index contributed by atoms with van der Waals surface area (Å²) in [6.07, 6.45) is 10.7.